The van der Waals surface area contributed by atoms with Crippen LogP contribution in [-0.4, -0.2) is 30.2 Å². The van der Waals surface area contributed by atoms with Gasteiger partial charge in [0.05, 0.1) is 0 Å². The highest BCUT2D eigenvalue weighted by Gasteiger charge is 2.10. The first-order valence-electron chi connectivity index (χ1n) is 8.22. The highest BCUT2D eigenvalue weighted by molar-refractivity contribution is 5.92. The van der Waals surface area contributed by atoms with Crippen LogP contribution in [0.2, 0.25) is 0 Å². The molecule has 2 rings (SSSR count). The smallest absolute Gasteiger partial charge is 0.341 e. The molecule has 6 heteroatoms. The summed E-state index contributed by atoms with van der Waals surface area (Å²) in [5.41, 5.74) is 4.53. The summed E-state index contributed by atoms with van der Waals surface area (Å²) in [6.07, 6.45) is 0. The largest absolute Gasteiger partial charge is 0.483 e. The Bertz CT molecular complexity index is 806. The summed E-state index contributed by atoms with van der Waals surface area (Å²) in [6.45, 7) is 7.22. The van der Waals surface area contributed by atoms with Gasteiger partial charge in [0.1, 0.15) is 11.5 Å². The zero-order valence-corrected chi connectivity index (χ0v) is 15.4. The van der Waals surface area contributed by atoms with Crippen LogP contribution in [0, 0.1) is 27.7 Å². The SMILES string of the molecule is Cc1cc(C)c(OCC(=O)Nc2ccc(OCC(=O)O)cc2C)c(C)c1. The number of amides is 1. The van der Waals surface area contributed by atoms with Crippen molar-refractivity contribution < 1.29 is 24.2 Å². The second kappa shape index (κ2) is 8.38. The van der Waals surface area contributed by atoms with Crippen molar-refractivity contribution in [2.45, 2.75) is 27.7 Å². The van der Waals surface area contributed by atoms with Crippen molar-refractivity contribution in [3.63, 3.8) is 0 Å². The van der Waals surface area contributed by atoms with Crippen LogP contribution in [0.1, 0.15) is 22.3 Å². The quantitative estimate of drug-likeness (QED) is 0.793. The summed E-state index contributed by atoms with van der Waals surface area (Å²) in [4.78, 5) is 22.7. The van der Waals surface area contributed by atoms with Crippen molar-refractivity contribution in [3.8, 4) is 11.5 Å². The molecule has 0 aliphatic rings. The van der Waals surface area contributed by atoms with E-state index in [-0.39, 0.29) is 12.5 Å². The second-order valence-electron chi connectivity index (χ2n) is 6.22. The molecule has 0 bridgehead atoms. The van der Waals surface area contributed by atoms with Crippen molar-refractivity contribution in [2.75, 3.05) is 18.5 Å². The lowest BCUT2D eigenvalue weighted by atomic mass is 10.1. The number of hydrogen-bond acceptors (Lipinski definition) is 4. The molecule has 0 aromatic heterocycles. The minimum atomic E-state index is -1.04. The van der Waals surface area contributed by atoms with Crippen molar-refractivity contribution in [3.05, 3.63) is 52.6 Å². The summed E-state index contributed by atoms with van der Waals surface area (Å²) in [7, 11) is 0. The van der Waals surface area contributed by atoms with Gasteiger partial charge in [-0.15, -0.1) is 0 Å². The number of carbonyl (C=O) groups excluding carboxylic acids is 1. The van der Waals surface area contributed by atoms with E-state index >= 15 is 0 Å². The Morgan fingerprint density at radius 3 is 2.15 bits per heavy atom. The fourth-order valence-corrected chi connectivity index (χ4v) is 2.73. The Hall–Kier alpha value is -3.02. The van der Waals surface area contributed by atoms with E-state index in [1.807, 2.05) is 32.9 Å². The first-order valence-corrected chi connectivity index (χ1v) is 8.22. The molecular formula is C20H23NO5. The van der Waals surface area contributed by atoms with E-state index in [4.69, 9.17) is 14.6 Å². The van der Waals surface area contributed by atoms with E-state index in [2.05, 4.69) is 5.32 Å². The van der Waals surface area contributed by atoms with E-state index in [1.54, 1.807) is 25.1 Å². The number of carbonyl (C=O) groups is 2. The van der Waals surface area contributed by atoms with Gasteiger partial charge in [-0.1, -0.05) is 17.7 Å². The maximum absolute atomic E-state index is 12.2. The van der Waals surface area contributed by atoms with Gasteiger partial charge in [-0.05, 0) is 62.6 Å². The van der Waals surface area contributed by atoms with E-state index in [0.717, 1.165) is 28.0 Å². The highest BCUT2D eigenvalue weighted by atomic mass is 16.5. The molecule has 2 N–H and O–H groups in total. The number of aryl methyl sites for hydroxylation is 4. The standard InChI is InChI=1S/C20H23NO5/c1-12-7-14(3)20(15(4)8-12)26-10-18(22)21-17-6-5-16(9-13(17)2)25-11-19(23)24/h5-9H,10-11H2,1-4H3,(H,21,22)(H,23,24). The summed E-state index contributed by atoms with van der Waals surface area (Å²) < 4.78 is 10.8. The van der Waals surface area contributed by atoms with Gasteiger partial charge in [-0.3, -0.25) is 4.79 Å². The molecule has 2 aromatic rings. The van der Waals surface area contributed by atoms with Gasteiger partial charge in [0.2, 0.25) is 0 Å². The third kappa shape index (κ3) is 5.24. The molecule has 0 atom stereocenters. The maximum atomic E-state index is 12.2. The minimum Gasteiger partial charge on any atom is -0.483 e. The number of carboxylic acids is 1. The van der Waals surface area contributed by atoms with Crippen LogP contribution in [0.25, 0.3) is 0 Å². The number of nitrogens with one attached hydrogen (secondary N) is 1. The molecule has 0 saturated carbocycles. The fraction of sp³-hybridized carbons (Fsp3) is 0.300. The number of benzene rings is 2. The van der Waals surface area contributed by atoms with Crippen LogP contribution in [0.15, 0.2) is 30.3 Å². The molecular weight excluding hydrogens is 334 g/mol. The predicted molar refractivity (Wildman–Crippen MR) is 99.1 cm³/mol. The summed E-state index contributed by atoms with van der Waals surface area (Å²) in [5, 5.41) is 11.4. The van der Waals surface area contributed by atoms with Crippen LogP contribution in [-0.2, 0) is 9.59 Å². The van der Waals surface area contributed by atoms with Gasteiger partial charge >= 0.3 is 5.97 Å². The Kier molecular flexibility index (Phi) is 6.22. The van der Waals surface area contributed by atoms with Crippen LogP contribution < -0.4 is 14.8 Å². The lowest BCUT2D eigenvalue weighted by molar-refractivity contribution is -0.139. The summed E-state index contributed by atoms with van der Waals surface area (Å²) >= 11 is 0. The van der Waals surface area contributed by atoms with Gasteiger partial charge < -0.3 is 19.9 Å². The molecule has 0 heterocycles. The lowest BCUT2D eigenvalue weighted by Gasteiger charge is -2.14. The fourth-order valence-electron chi connectivity index (χ4n) is 2.73. The van der Waals surface area contributed by atoms with E-state index < -0.39 is 12.6 Å². The topological polar surface area (TPSA) is 84.9 Å². The Morgan fingerprint density at radius 1 is 0.923 bits per heavy atom. The zero-order chi connectivity index (χ0) is 19.3. The van der Waals surface area contributed by atoms with E-state index in [9.17, 15) is 9.59 Å². The van der Waals surface area contributed by atoms with Crippen LogP contribution in [0.5, 0.6) is 11.5 Å². The number of anilines is 1. The Labute approximate surface area is 152 Å². The van der Waals surface area contributed by atoms with Gasteiger partial charge in [-0.25, -0.2) is 4.79 Å². The van der Waals surface area contributed by atoms with Crippen LogP contribution >= 0.6 is 0 Å². The molecule has 0 fully saturated rings. The first kappa shape index (κ1) is 19.3. The van der Waals surface area contributed by atoms with Crippen molar-refractivity contribution in [1.29, 1.82) is 0 Å². The Morgan fingerprint density at radius 2 is 1.58 bits per heavy atom. The zero-order valence-electron chi connectivity index (χ0n) is 15.4. The molecule has 0 radical (unpaired) electrons. The van der Waals surface area contributed by atoms with Crippen molar-refractivity contribution in [2.24, 2.45) is 0 Å². The van der Waals surface area contributed by atoms with Crippen LogP contribution in [0.3, 0.4) is 0 Å². The number of ether oxygens (including phenoxy) is 2. The molecule has 1 amide bonds. The average molecular weight is 357 g/mol. The van der Waals surface area contributed by atoms with Gasteiger partial charge in [0.25, 0.3) is 5.91 Å². The lowest BCUT2D eigenvalue weighted by Crippen LogP contribution is -2.21. The minimum absolute atomic E-state index is 0.0958. The maximum Gasteiger partial charge on any atom is 0.341 e. The number of hydrogen-bond donors (Lipinski definition) is 2. The number of rotatable bonds is 7. The summed E-state index contributed by atoms with van der Waals surface area (Å²) in [5.74, 6) is -0.157. The molecule has 6 nitrogen and oxygen atoms in total. The normalized spacial score (nSPS) is 10.3. The van der Waals surface area contributed by atoms with Crippen molar-refractivity contribution in [1.82, 2.24) is 0 Å². The number of aliphatic carboxylic acids is 1. The van der Waals surface area contributed by atoms with Gasteiger partial charge in [0.15, 0.2) is 13.2 Å². The Balaban J connectivity index is 1.97. The predicted octanol–water partition coefficient (Wildman–Crippen LogP) is 3.40. The van der Waals surface area contributed by atoms with Gasteiger partial charge in [-0.2, -0.15) is 0 Å². The van der Waals surface area contributed by atoms with Crippen LogP contribution in [0.4, 0.5) is 5.69 Å². The first-order chi connectivity index (χ1) is 12.3. The molecule has 0 spiro atoms. The summed E-state index contributed by atoms with van der Waals surface area (Å²) in [6, 6.07) is 8.99. The molecule has 0 aliphatic heterocycles. The molecule has 138 valence electrons. The van der Waals surface area contributed by atoms with E-state index in [1.165, 1.54) is 0 Å². The second-order valence-corrected chi connectivity index (χ2v) is 6.22. The van der Waals surface area contributed by atoms with Gasteiger partial charge in [0, 0.05) is 5.69 Å². The monoisotopic (exact) mass is 357 g/mol. The number of carboxylic acid groups (broad SMARTS) is 1. The average Bonchev–Trinajstić information content (AvgIpc) is 2.54. The highest BCUT2D eigenvalue weighted by Crippen LogP contribution is 2.25. The van der Waals surface area contributed by atoms with E-state index in [0.29, 0.717) is 11.4 Å². The molecule has 0 aliphatic carbocycles. The molecule has 0 saturated heterocycles. The molecule has 26 heavy (non-hydrogen) atoms. The third-order valence-electron chi connectivity index (χ3n) is 3.79. The van der Waals surface area contributed by atoms with Crippen molar-refractivity contribution >= 4 is 17.6 Å². The molecule has 0 unspecified atom stereocenters. The third-order valence-corrected chi connectivity index (χ3v) is 3.79. The molecule has 2 aromatic carbocycles.